The summed E-state index contributed by atoms with van der Waals surface area (Å²) in [5.41, 5.74) is 0. The van der Waals surface area contributed by atoms with Gasteiger partial charge in [-0.25, -0.2) is 4.79 Å². The first kappa shape index (κ1) is 14.4. The molecular formula is C16H19NO3S. The quantitative estimate of drug-likeness (QED) is 0.634. The summed E-state index contributed by atoms with van der Waals surface area (Å²) in [5.74, 6) is -0.150. The molecule has 21 heavy (non-hydrogen) atoms. The molecule has 0 saturated carbocycles. The van der Waals surface area contributed by atoms with E-state index in [-0.39, 0.29) is 23.8 Å². The Labute approximate surface area is 128 Å². The van der Waals surface area contributed by atoms with Crippen LogP contribution in [0, 0.1) is 5.92 Å². The van der Waals surface area contributed by atoms with Gasteiger partial charge in [0, 0.05) is 10.9 Å². The molecule has 0 aliphatic carbocycles. The predicted octanol–water partition coefficient (Wildman–Crippen LogP) is 2.68. The van der Waals surface area contributed by atoms with Crippen LogP contribution in [-0.4, -0.2) is 34.8 Å². The number of rotatable bonds is 4. The molecule has 5 heteroatoms. The number of benzene rings is 1. The van der Waals surface area contributed by atoms with E-state index in [2.05, 4.69) is 0 Å². The van der Waals surface area contributed by atoms with Gasteiger partial charge in [0.2, 0.25) is 5.91 Å². The van der Waals surface area contributed by atoms with Gasteiger partial charge in [0.15, 0.2) is 4.87 Å². The number of methoxy groups -OCH3 is 1. The van der Waals surface area contributed by atoms with Gasteiger partial charge in [-0.15, -0.1) is 0 Å². The fourth-order valence-corrected chi connectivity index (χ4v) is 4.87. The van der Waals surface area contributed by atoms with Crippen LogP contribution in [-0.2, 0) is 14.3 Å². The zero-order chi connectivity index (χ0) is 15.0. The molecule has 1 aromatic rings. The van der Waals surface area contributed by atoms with Crippen LogP contribution in [0.2, 0.25) is 0 Å². The molecule has 3 rings (SSSR count). The van der Waals surface area contributed by atoms with Crippen LogP contribution in [0.4, 0.5) is 0 Å². The van der Waals surface area contributed by atoms with Crippen molar-refractivity contribution in [2.45, 2.75) is 42.0 Å². The number of thioether (sulfide) groups is 1. The highest BCUT2D eigenvalue weighted by Gasteiger charge is 2.64. The van der Waals surface area contributed by atoms with Crippen molar-refractivity contribution in [3.05, 3.63) is 30.3 Å². The van der Waals surface area contributed by atoms with E-state index < -0.39 is 4.87 Å². The number of nitrogens with zero attached hydrogens (tertiary/aromatic N) is 1. The van der Waals surface area contributed by atoms with Gasteiger partial charge >= 0.3 is 5.97 Å². The molecule has 0 N–H and O–H groups in total. The molecule has 0 unspecified atom stereocenters. The van der Waals surface area contributed by atoms with E-state index in [0.29, 0.717) is 6.42 Å². The van der Waals surface area contributed by atoms with Crippen molar-refractivity contribution in [2.75, 3.05) is 7.11 Å². The fraction of sp³-hybridized carbons (Fsp3) is 0.500. The minimum atomic E-state index is -0.885. The van der Waals surface area contributed by atoms with E-state index in [1.807, 2.05) is 37.3 Å². The first-order valence-corrected chi connectivity index (χ1v) is 8.11. The molecule has 2 fully saturated rings. The van der Waals surface area contributed by atoms with Gasteiger partial charge in [-0.05, 0) is 31.4 Å². The summed E-state index contributed by atoms with van der Waals surface area (Å²) in [4.78, 5) is 26.7. The van der Waals surface area contributed by atoms with Crippen molar-refractivity contribution < 1.29 is 14.3 Å². The molecule has 0 spiro atoms. The lowest BCUT2D eigenvalue weighted by Crippen LogP contribution is -2.66. The topological polar surface area (TPSA) is 46.6 Å². The van der Waals surface area contributed by atoms with Gasteiger partial charge in [0.1, 0.15) is 0 Å². The summed E-state index contributed by atoms with van der Waals surface area (Å²) in [6, 6.07) is 9.93. The molecule has 1 amide bonds. The van der Waals surface area contributed by atoms with Crippen LogP contribution in [0.3, 0.4) is 0 Å². The smallest absolute Gasteiger partial charge is 0.342 e. The molecule has 3 atom stereocenters. The van der Waals surface area contributed by atoms with Crippen molar-refractivity contribution >= 4 is 23.6 Å². The number of fused-ring (bicyclic) bond motifs is 1. The van der Waals surface area contributed by atoms with Crippen molar-refractivity contribution in [1.82, 2.24) is 4.90 Å². The molecule has 112 valence electrons. The number of carbonyl (C=O) groups is 2. The van der Waals surface area contributed by atoms with E-state index in [0.717, 1.165) is 17.7 Å². The highest BCUT2D eigenvalue weighted by molar-refractivity contribution is 8.01. The number of hydrogen-bond donors (Lipinski definition) is 0. The normalized spacial score (nSPS) is 30.8. The van der Waals surface area contributed by atoms with E-state index in [9.17, 15) is 9.59 Å². The lowest BCUT2D eigenvalue weighted by atomic mass is 9.86. The highest BCUT2D eigenvalue weighted by atomic mass is 32.2. The standard InChI is InChI=1S/C16H19NO3S/c1-3-12-13-9-10-16(15(19)20-2,17(13)14(12)18)21-11-7-5-4-6-8-11/h4-8,12-13H,3,9-10H2,1-2H3/t12-,13+,16-/m0/s1. The lowest BCUT2D eigenvalue weighted by Gasteiger charge is -2.49. The number of amides is 1. The molecule has 0 bridgehead atoms. The third kappa shape index (κ3) is 2.06. The Morgan fingerprint density at radius 1 is 1.43 bits per heavy atom. The largest absolute Gasteiger partial charge is 0.467 e. The highest BCUT2D eigenvalue weighted by Crippen LogP contribution is 2.54. The second-order valence-corrected chi connectivity index (χ2v) is 6.87. The maximum absolute atomic E-state index is 12.4. The number of ether oxygens (including phenoxy) is 1. The molecule has 1 aromatic carbocycles. The summed E-state index contributed by atoms with van der Waals surface area (Å²) in [5, 5.41) is 0. The van der Waals surface area contributed by atoms with Crippen molar-refractivity contribution in [3.8, 4) is 0 Å². The van der Waals surface area contributed by atoms with Gasteiger partial charge in [-0.2, -0.15) is 0 Å². The van der Waals surface area contributed by atoms with Crippen molar-refractivity contribution in [1.29, 1.82) is 0 Å². The maximum atomic E-state index is 12.4. The fourth-order valence-electron chi connectivity index (χ4n) is 3.48. The van der Waals surface area contributed by atoms with Crippen LogP contribution in [0.15, 0.2) is 35.2 Å². The number of carbonyl (C=O) groups excluding carboxylic acids is 2. The average molecular weight is 305 g/mol. The molecule has 2 heterocycles. The van der Waals surface area contributed by atoms with Gasteiger partial charge in [-0.3, -0.25) is 4.79 Å². The molecule has 0 radical (unpaired) electrons. The molecule has 2 aliphatic rings. The molecule has 4 nitrogen and oxygen atoms in total. The Morgan fingerprint density at radius 3 is 2.76 bits per heavy atom. The summed E-state index contributed by atoms with van der Waals surface area (Å²) in [6.07, 6.45) is 2.37. The van der Waals surface area contributed by atoms with E-state index >= 15 is 0 Å². The molecule has 2 saturated heterocycles. The first-order chi connectivity index (χ1) is 10.1. The third-order valence-corrected chi connectivity index (χ3v) is 5.91. The third-order valence-electron chi connectivity index (χ3n) is 4.49. The lowest BCUT2D eigenvalue weighted by molar-refractivity contribution is -0.167. The second-order valence-electron chi connectivity index (χ2n) is 5.52. The Balaban J connectivity index is 1.93. The van der Waals surface area contributed by atoms with Gasteiger partial charge in [0.25, 0.3) is 0 Å². The van der Waals surface area contributed by atoms with Gasteiger partial charge < -0.3 is 9.64 Å². The maximum Gasteiger partial charge on any atom is 0.342 e. The number of esters is 1. The summed E-state index contributed by atoms with van der Waals surface area (Å²) in [7, 11) is 1.39. The zero-order valence-corrected chi connectivity index (χ0v) is 13.1. The summed E-state index contributed by atoms with van der Waals surface area (Å²) in [6.45, 7) is 2.03. The van der Waals surface area contributed by atoms with Gasteiger partial charge in [-0.1, -0.05) is 36.9 Å². The molecule has 0 aromatic heterocycles. The van der Waals surface area contributed by atoms with E-state index in [1.54, 1.807) is 4.90 Å². The van der Waals surface area contributed by atoms with Crippen LogP contribution in [0.1, 0.15) is 26.2 Å². The minimum absolute atomic E-state index is 0.0768. The Bertz CT molecular complexity index is 562. The SMILES string of the molecule is CC[C@@H]1C(=O)N2[C@@H]1CC[C@]2(Sc1ccccc1)C(=O)OC. The zero-order valence-electron chi connectivity index (χ0n) is 12.2. The van der Waals surface area contributed by atoms with Crippen LogP contribution in [0.25, 0.3) is 0 Å². The number of β-lactam (4-membered cyclic amide) rings is 1. The summed E-state index contributed by atoms with van der Waals surface area (Å²) < 4.78 is 5.03. The Morgan fingerprint density at radius 2 is 2.14 bits per heavy atom. The Hall–Kier alpha value is -1.49. The minimum Gasteiger partial charge on any atom is -0.467 e. The van der Waals surface area contributed by atoms with Crippen LogP contribution < -0.4 is 0 Å². The second kappa shape index (κ2) is 5.37. The van der Waals surface area contributed by atoms with Crippen LogP contribution >= 0.6 is 11.8 Å². The predicted molar refractivity (Wildman–Crippen MR) is 80.7 cm³/mol. The van der Waals surface area contributed by atoms with Crippen molar-refractivity contribution in [2.24, 2.45) is 5.92 Å². The van der Waals surface area contributed by atoms with Gasteiger partial charge in [0.05, 0.1) is 13.0 Å². The van der Waals surface area contributed by atoms with E-state index in [4.69, 9.17) is 4.74 Å². The van der Waals surface area contributed by atoms with E-state index in [1.165, 1.54) is 18.9 Å². The average Bonchev–Trinajstić information content (AvgIpc) is 2.83. The Kier molecular flexibility index (Phi) is 3.69. The first-order valence-electron chi connectivity index (χ1n) is 7.29. The summed E-state index contributed by atoms with van der Waals surface area (Å²) >= 11 is 1.44. The monoisotopic (exact) mass is 305 g/mol. The van der Waals surface area contributed by atoms with Crippen LogP contribution in [0.5, 0.6) is 0 Å². The molecule has 2 aliphatic heterocycles. The molecular weight excluding hydrogens is 286 g/mol. The number of hydrogen-bond acceptors (Lipinski definition) is 4. The van der Waals surface area contributed by atoms with Crippen molar-refractivity contribution in [3.63, 3.8) is 0 Å².